The lowest BCUT2D eigenvalue weighted by Gasteiger charge is -2.16. The van der Waals surface area contributed by atoms with Gasteiger partial charge in [0, 0.05) is 32.5 Å². The molecule has 0 amide bonds. The number of nitrogens with zero attached hydrogens (tertiary/aromatic N) is 2. The van der Waals surface area contributed by atoms with Gasteiger partial charge in [-0.1, -0.05) is 0 Å². The Labute approximate surface area is 101 Å². The van der Waals surface area contributed by atoms with Gasteiger partial charge in [-0.3, -0.25) is 0 Å². The van der Waals surface area contributed by atoms with Gasteiger partial charge in [0.25, 0.3) is 0 Å². The quantitative estimate of drug-likeness (QED) is 0.800. The maximum absolute atomic E-state index is 12.4. The lowest BCUT2D eigenvalue weighted by molar-refractivity contribution is 0.448. The van der Waals surface area contributed by atoms with Crippen molar-refractivity contribution >= 4 is 10.0 Å². The van der Waals surface area contributed by atoms with Gasteiger partial charge in [-0.05, 0) is 31.0 Å². The molecule has 0 unspecified atom stereocenters. The molecule has 3 rings (SSSR count). The van der Waals surface area contributed by atoms with Gasteiger partial charge in [0.2, 0.25) is 10.0 Å². The minimum atomic E-state index is -3.28. The molecule has 2 aliphatic rings. The van der Waals surface area contributed by atoms with Crippen LogP contribution in [0.25, 0.3) is 0 Å². The van der Waals surface area contributed by atoms with E-state index < -0.39 is 10.0 Å². The van der Waals surface area contributed by atoms with Crippen LogP contribution < -0.4 is 5.32 Å². The molecule has 2 atom stereocenters. The van der Waals surface area contributed by atoms with Crippen molar-refractivity contribution in [2.24, 2.45) is 18.9 Å². The van der Waals surface area contributed by atoms with Gasteiger partial charge >= 0.3 is 0 Å². The predicted octanol–water partition coefficient (Wildman–Crippen LogP) is -0.135. The molecule has 3 heterocycles. The average molecular weight is 255 g/mol. The molecule has 1 aromatic rings. The van der Waals surface area contributed by atoms with Gasteiger partial charge in [-0.2, -0.15) is 4.31 Å². The monoisotopic (exact) mass is 255 g/mol. The van der Waals surface area contributed by atoms with Crippen LogP contribution in [-0.4, -0.2) is 43.5 Å². The average Bonchev–Trinajstić information content (AvgIpc) is 2.89. The molecule has 0 saturated carbocycles. The first-order chi connectivity index (χ1) is 8.07. The summed E-state index contributed by atoms with van der Waals surface area (Å²) < 4.78 is 28.1. The summed E-state index contributed by atoms with van der Waals surface area (Å²) in [4.78, 5) is 0.410. The fraction of sp³-hybridized carbons (Fsp3) is 0.636. The van der Waals surface area contributed by atoms with E-state index in [2.05, 4.69) is 5.32 Å². The van der Waals surface area contributed by atoms with Gasteiger partial charge < -0.3 is 9.88 Å². The third kappa shape index (κ3) is 1.80. The Kier molecular flexibility index (Phi) is 2.53. The predicted molar refractivity (Wildman–Crippen MR) is 64.0 cm³/mol. The normalized spacial score (nSPS) is 29.7. The molecule has 2 aliphatic heterocycles. The minimum absolute atomic E-state index is 0.410. The highest BCUT2D eigenvalue weighted by atomic mass is 32.2. The molecule has 0 aliphatic carbocycles. The van der Waals surface area contributed by atoms with E-state index in [1.54, 1.807) is 27.3 Å². The highest BCUT2D eigenvalue weighted by molar-refractivity contribution is 7.89. The van der Waals surface area contributed by atoms with E-state index in [9.17, 15) is 8.42 Å². The fourth-order valence-electron chi connectivity index (χ4n) is 2.79. The summed E-state index contributed by atoms with van der Waals surface area (Å²) in [5.74, 6) is 0.988. The Balaban J connectivity index is 1.85. The standard InChI is InChI=1S/C11H17N3O2S/c1-13-3-2-11(8-13)17(15,16)14-6-9-4-12-5-10(9)7-14/h2-3,8-10,12H,4-7H2,1H3/t9-,10+. The summed E-state index contributed by atoms with van der Waals surface area (Å²) in [5.41, 5.74) is 0. The number of hydrogen-bond donors (Lipinski definition) is 1. The number of sulfonamides is 1. The van der Waals surface area contributed by atoms with Crippen molar-refractivity contribution in [3.8, 4) is 0 Å². The molecule has 5 nitrogen and oxygen atoms in total. The highest BCUT2D eigenvalue weighted by Gasteiger charge is 2.41. The Morgan fingerprint density at radius 1 is 1.29 bits per heavy atom. The van der Waals surface area contributed by atoms with Gasteiger partial charge in [-0.15, -0.1) is 0 Å². The van der Waals surface area contributed by atoms with Crippen molar-refractivity contribution < 1.29 is 8.42 Å². The maximum Gasteiger partial charge on any atom is 0.244 e. The third-order valence-electron chi connectivity index (χ3n) is 3.80. The number of hydrogen-bond acceptors (Lipinski definition) is 3. The zero-order valence-corrected chi connectivity index (χ0v) is 10.7. The van der Waals surface area contributed by atoms with Crippen LogP contribution in [0.1, 0.15) is 0 Å². The molecular formula is C11H17N3O2S. The minimum Gasteiger partial charge on any atom is -0.356 e. The van der Waals surface area contributed by atoms with E-state index in [1.165, 1.54) is 0 Å². The maximum atomic E-state index is 12.4. The van der Waals surface area contributed by atoms with Gasteiger partial charge in [0.1, 0.15) is 0 Å². The van der Waals surface area contributed by atoms with E-state index in [0.29, 0.717) is 29.8 Å². The van der Waals surface area contributed by atoms with Crippen LogP contribution in [0.4, 0.5) is 0 Å². The zero-order valence-electron chi connectivity index (χ0n) is 9.83. The molecule has 17 heavy (non-hydrogen) atoms. The third-order valence-corrected chi connectivity index (χ3v) is 5.61. The van der Waals surface area contributed by atoms with Crippen molar-refractivity contribution in [1.29, 1.82) is 0 Å². The second-order valence-corrected chi connectivity index (χ2v) is 6.95. The molecule has 0 radical (unpaired) electrons. The number of aromatic nitrogens is 1. The number of fused-ring (bicyclic) bond motifs is 1. The van der Waals surface area contributed by atoms with Crippen LogP contribution >= 0.6 is 0 Å². The fourth-order valence-corrected chi connectivity index (χ4v) is 4.39. The van der Waals surface area contributed by atoms with Crippen molar-refractivity contribution in [2.45, 2.75) is 4.90 Å². The van der Waals surface area contributed by atoms with E-state index in [0.717, 1.165) is 13.1 Å². The number of aryl methyl sites for hydroxylation is 1. The summed E-state index contributed by atoms with van der Waals surface area (Å²) in [7, 11) is -1.44. The van der Waals surface area contributed by atoms with Crippen LogP contribution in [-0.2, 0) is 17.1 Å². The molecule has 0 spiro atoms. The lowest BCUT2D eigenvalue weighted by atomic mass is 10.0. The molecule has 94 valence electrons. The number of rotatable bonds is 2. The van der Waals surface area contributed by atoms with Crippen molar-refractivity contribution in [3.63, 3.8) is 0 Å². The molecule has 6 heteroatoms. The van der Waals surface area contributed by atoms with Crippen LogP contribution in [0.5, 0.6) is 0 Å². The summed E-state index contributed by atoms with van der Waals surface area (Å²) in [6.45, 7) is 3.22. The lowest BCUT2D eigenvalue weighted by Crippen LogP contribution is -2.31. The van der Waals surface area contributed by atoms with Gasteiger partial charge in [-0.25, -0.2) is 8.42 Å². The van der Waals surface area contributed by atoms with E-state index in [4.69, 9.17) is 0 Å². The molecule has 1 N–H and O–H groups in total. The second kappa shape index (κ2) is 3.83. The molecule has 0 aromatic carbocycles. The summed E-state index contributed by atoms with van der Waals surface area (Å²) in [5, 5.41) is 3.31. The highest BCUT2D eigenvalue weighted by Crippen LogP contribution is 2.30. The van der Waals surface area contributed by atoms with Crippen LogP contribution in [0.15, 0.2) is 23.4 Å². The Morgan fingerprint density at radius 3 is 2.47 bits per heavy atom. The van der Waals surface area contributed by atoms with Crippen molar-refractivity contribution in [2.75, 3.05) is 26.2 Å². The first-order valence-electron chi connectivity index (χ1n) is 5.90. The van der Waals surface area contributed by atoms with E-state index >= 15 is 0 Å². The SMILES string of the molecule is Cn1ccc(S(=O)(=O)N2C[C@H]3CNC[C@H]3C2)c1. The van der Waals surface area contributed by atoms with Gasteiger partial charge in [0.05, 0.1) is 4.90 Å². The molecular weight excluding hydrogens is 238 g/mol. The van der Waals surface area contributed by atoms with Crippen molar-refractivity contribution in [1.82, 2.24) is 14.2 Å². The van der Waals surface area contributed by atoms with E-state index in [1.807, 2.05) is 7.05 Å². The molecule has 2 saturated heterocycles. The van der Waals surface area contributed by atoms with Crippen molar-refractivity contribution in [3.05, 3.63) is 18.5 Å². The summed E-state index contributed by atoms with van der Waals surface area (Å²) in [6, 6.07) is 1.67. The van der Waals surface area contributed by atoms with Crippen LogP contribution in [0.3, 0.4) is 0 Å². The number of nitrogens with one attached hydrogen (secondary N) is 1. The Morgan fingerprint density at radius 2 is 1.94 bits per heavy atom. The van der Waals surface area contributed by atoms with Gasteiger partial charge in [0.15, 0.2) is 0 Å². The molecule has 1 aromatic heterocycles. The molecule has 0 bridgehead atoms. The Hall–Kier alpha value is -0.850. The summed E-state index contributed by atoms with van der Waals surface area (Å²) >= 11 is 0. The zero-order chi connectivity index (χ0) is 12.0. The van der Waals surface area contributed by atoms with E-state index in [-0.39, 0.29) is 0 Å². The van der Waals surface area contributed by atoms with Crippen LogP contribution in [0.2, 0.25) is 0 Å². The topological polar surface area (TPSA) is 54.3 Å². The Bertz CT molecular complexity index is 511. The van der Waals surface area contributed by atoms with Crippen LogP contribution in [0, 0.1) is 11.8 Å². The first kappa shape index (κ1) is 11.3. The second-order valence-electron chi connectivity index (χ2n) is 5.01. The smallest absolute Gasteiger partial charge is 0.244 e. The summed E-state index contributed by atoms with van der Waals surface area (Å²) in [6.07, 6.45) is 3.44. The first-order valence-corrected chi connectivity index (χ1v) is 7.34. The molecule has 2 fully saturated rings. The largest absolute Gasteiger partial charge is 0.356 e.